The Labute approximate surface area is 154 Å². The Balaban J connectivity index is 1.78. The second-order valence-electron chi connectivity index (χ2n) is 8.46. The largest absolute Gasteiger partial charge is 0.455 e. The minimum absolute atomic E-state index is 0.991. The second kappa shape index (κ2) is 8.86. The number of nitrogens with zero attached hydrogens (tertiary/aromatic N) is 2. The van der Waals surface area contributed by atoms with Crippen LogP contribution in [0.15, 0.2) is 34.7 Å². The molecule has 1 aromatic carbocycles. The zero-order valence-corrected chi connectivity index (χ0v) is 17.1. The van der Waals surface area contributed by atoms with Gasteiger partial charge in [0.2, 0.25) is 0 Å². The van der Waals surface area contributed by atoms with Crippen LogP contribution in [0.1, 0.15) is 45.3 Å². The van der Waals surface area contributed by atoms with Crippen molar-refractivity contribution in [1.82, 2.24) is 0 Å². The highest BCUT2D eigenvalue weighted by molar-refractivity contribution is 5.77. The smallest absolute Gasteiger partial charge is 0.159 e. The van der Waals surface area contributed by atoms with E-state index in [2.05, 4.69) is 59.3 Å². The van der Waals surface area contributed by atoms with E-state index in [4.69, 9.17) is 4.42 Å². The molecule has 140 valence electrons. The third kappa shape index (κ3) is 6.16. The molecule has 0 aliphatic rings. The molecule has 0 aliphatic carbocycles. The minimum Gasteiger partial charge on any atom is -0.455 e. The zero-order valence-electron chi connectivity index (χ0n) is 17.1. The summed E-state index contributed by atoms with van der Waals surface area (Å²) >= 11 is 0. The van der Waals surface area contributed by atoms with E-state index in [0.717, 1.165) is 33.4 Å². The topological polar surface area (TPSA) is 13.1 Å². The van der Waals surface area contributed by atoms with Gasteiger partial charge >= 0.3 is 0 Å². The van der Waals surface area contributed by atoms with Gasteiger partial charge in [-0.15, -0.1) is 0 Å². The van der Waals surface area contributed by atoms with Gasteiger partial charge < -0.3 is 13.4 Å². The molecule has 1 unspecified atom stereocenters. The molecule has 0 radical (unpaired) electrons. The monoisotopic (exact) mass is 346 g/mol. The Hall–Kier alpha value is -1.32. The fourth-order valence-electron chi connectivity index (χ4n) is 3.39. The Morgan fingerprint density at radius 2 is 1.52 bits per heavy atom. The number of hydrogen-bond donors (Lipinski definition) is 0. The van der Waals surface area contributed by atoms with E-state index < -0.39 is 0 Å². The predicted molar refractivity (Wildman–Crippen MR) is 107 cm³/mol. The van der Waals surface area contributed by atoms with Crippen molar-refractivity contribution in [3.05, 3.63) is 36.1 Å². The van der Waals surface area contributed by atoms with Gasteiger partial charge in [0, 0.05) is 5.39 Å². The highest BCUT2D eigenvalue weighted by atomic mass is 16.3. The van der Waals surface area contributed by atoms with Crippen molar-refractivity contribution in [2.75, 3.05) is 47.3 Å². The number of unbranched alkanes of at least 4 members (excludes halogenated alkanes) is 3. The summed E-state index contributed by atoms with van der Waals surface area (Å²) in [5.74, 6) is 1.12. The number of rotatable bonds is 11. The Bertz CT molecular complexity index is 613. The maximum atomic E-state index is 6.04. The van der Waals surface area contributed by atoms with Crippen LogP contribution in [0.5, 0.6) is 0 Å². The third-order valence-electron chi connectivity index (χ3n) is 5.85. The molecule has 0 bridgehead atoms. The predicted octanol–water partition coefficient (Wildman–Crippen LogP) is 5.06. The van der Waals surface area contributed by atoms with Crippen LogP contribution < -0.4 is 0 Å². The lowest BCUT2D eigenvalue weighted by Gasteiger charge is -2.32. The molecule has 3 nitrogen and oxygen atoms in total. The molecule has 1 heterocycles. The van der Waals surface area contributed by atoms with E-state index in [0.29, 0.717) is 0 Å². The van der Waals surface area contributed by atoms with Crippen molar-refractivity contribution in [3.8, 4) is 0 Å². The van der Waals surface area contributed by atoms with E-state index in [1.54, 1.807) is 0 Å². The molecular weight excluding hydrogens is 308 g/mol. The second-order valence-corrected chi connectivity index (χ2v) is 8.46. The summed E-state index contributed by atoms with van der Waals surface area (Å²) in [6.45, 7) is 10.5. The highest BCUT2D eigenvalue weighted by Gasteiger charge is 2.21. The van der Waals surface area contributed by atoms with Crippen LogP contribution in [-0.2, 0) is 6.54 Å². The van der Waals surface area contributed by atoms with Crippen molar-refractivity contribution in [3.63, 3.8) is 0 Å². The number of quaternary nitrogens is 2. The molecule has 0 saturated heterocycles. The molecule has 0 N–H and O–H groups in total. The third-order valence-corrected chi connectivity index (χ3v) is 5.85. The maximum absolute atomic E-state index is 6.04. The quantitative estimate of drug-likeness (QED) is 0.410. The van der Waals surface area contributed by atoms with Crippen molar-refractivity contribution in [1.29, 1.82) is 0 Å². The molecular formula is C22H38N2O+2. The lowest BCUT2D eigenvalue weighted by molar-refractivity contribution is -0.922. The van der Waals surface area contributed by atoms with Crippen molar-refractivity contribution < 1.29 is 13.4 Å². The minimum atomic E-state index is 0.991. The molecule has 0 fully saturated rings. The van der Waals surface area contributed by atoms with Crippen LogP contribution in [0.25, 0.3) is 11.0 Å². The van der Waals surface area contributed by atoms with E-state index in [-0.39, 0.29) is 0 Å². The first-order valence-electron chi connectivity index (χ1n) is 10.0. The van der Waals surface area contributed by atoms with E-state index in [9.17, 15) is 0 Å². The van der Waals surface area contributed by atoms with Crippen LogP contribution in [0.4, 0.5) is 0 Å². The molecule has 3 heteroatoms. The number of para-hydroxylation sites is 1. The molecule has 0 amide bonds. The normalized spacial score (nSPS) is 14.8. The summed E-state index contributed by atoms with van der Waals surface area (Å²) in [6, 6.07) is 10.5. The summed E-state index contributed by atoms with van der Waals surface area (Å²) in [7, 11) is 7.03. The van der Waals surface area contributed by atoms with Gasteiger partial charge in [-0.3, -0.25) is 0 Å². The van der Waals surface area contributed by atoms with Crippen LogP contribution in [0.3, 0.4) is 0 Å². The average molecular weight is 347 g/mol. The van der Waals surface area contributed by atoms with Crippen molar-refractivity contribution in [2.45, 2.75) is 46.1 Å². The van der Waals surface area contributed by atoms with E-state index in [1.165, 1.54) is 50.7 Å². The van der Waals surface area contributed by atoms with Gasteiger partial charge in [0.1, 0.15) is 12.1 Å². The molecule has 0 spiro atoms. The molecule has 2 aromatic rings. The van der Waals surface area contributed by atoms with Crippen LogP contribution in [0, 0.1) is 0 Å². The van der Waals surface area contributed by atoms with Gasteiger partial charge in [-0.1, -0.05) is 18.2 Å². The molecule has 1 atom stereocenters. The highest BCUT2D eigenvalue weighted by Crippen LogP contribution is 2.22. The lowest BCUT2D eigenvalue weighted by Crippen LogP contribution is -2.43. The fraction of sp³-hybridized carbons (Fsp3) is 0.636. The first-order chi connectivity index (χ1) is 11.9. The van der Waals surface area contributed by atoms with Gasteiger partial charge in [-0.05, 0) is 51.7 Å². The first-order valence-corrected chi connectivity index (χ1v) is 10.0. The van der Waals surface area contributed by atoms with Gasteiger partial charge in [-0.25, -0.2) is 0 Å². The molecule has 2 rings (SSSR count). The van der Waals surface area contributed by atoms with Crippen molar-refractivity contribution in [2.24, 2.45) is 0 Å². The maximum Gasteiger partial charge on any atom is 0.159 e. The number of furan rings is 1. The molecule has 1 aromatic heterocycles. The standard InChI is InChI=1S/C22H38N2O/c1-6-23(3,4)16-12-8-9-13-17-24(5,7-2)19-21-18-20-14-10-11-15-22(20)25-21/h10-11,14-15,18H,6-9,12-13,16-17,19H2,1-5H3/q+2. The summed E-state index contributed by atoms with van der Waals surface area (Å²) in [6.07, 6.45) is 5.36. The van der Waals surface area contributed by atoms with Crippen molar-refractivity contribution >= 4 is 11.0 Å². The number of hydrogen-bond acceptors (Lipinski definition) is 1. The first kappa shape index (κ1) is 20.0. The van der Waals surface area contributed by atoms with Crippen LogP contribution in [-0.4, -0.2) is 56.3 Å². The summed E-state index contributed by atoms with van der Waals surface area (Å²) < 4.78 is 8.26. The Morgan fingerprint density at radius 3 is 2.16 bits per heavy atom. The van der Waals surface area contributed by atoms with E-state index in [1.807, 2.05) is 6.07 Å². The van der Waals surface area contributed by atoms with Gasteiger partial charge in [0.25, 0.3) is 0 Å². The summed E-state index contributed by atoms with van der Waals surface area (Å²) in [4.78, 5) is 0. The molecule has 0 aliphatic heterocycles. The van der Waals surface area contributed by atoms with Gasteiger partial charge in [0.15, 0.2) is 5.76 Å². The summed E-state index contributed by atoms with van der Waals surface area (Å²) in [5, 5.41) is 1.22. The molecule has 25 heavy (non-hydrogen) atoms. The zero-order chi connectivity index (χ0) is 18.3. The van der Waals surface area contributed by atoms with Crippen LogP contribution >= 0.6 is 0 Å². The van der Waals surface area contributed by atoms with Crippen LogP contribution in [0.2, 0.25) is 0 Å². The lowest BCUT2D eigenvalue weighted by atomic mass is 10.1. The fourth-order valence-corrected chi connectivity index (χ4v) is 3.39. The average Bonchev–Trinajstić information content (AvgIpc) is 2.99. The van der Waals surface area contributed by atoms with Gasteiger partial charge in [0.05, 0.1) is 47.3 Å². The summed E-state index contributed by atoms with van der Waals surface area (Å²) in [5.41, 5.74) is 1.01. The Kier molecular flexibility index (Phi) is 7.09. The van der Waals surface area contributed by atoms with E-state index >= 15 is 0 Å². The Morgan fingerprint density at radius 1 is 0.840 bits per heavy atom. The number of fused-ring (bicyclic) bond motifs is 1. The number of benzene rings is 1. The van der Waals surface area contributed by atoms with Gasteiger partial charge in [-0.2, -0.15) is 0 Å². The SMILES string of the molecule is CC[N+](C)(C)CCCCCC[N+](C)(CC)Cc1cc2ccccc2o1. The molecule has 0 saturated carbocycles.